The first-order valence-electron chi connectivity index (χ1n) is 10.7. The fraction of sp³-hybridized carbons (Fsp3) is 0.500. The SMILES string of the molecule is CCC(=O)Nc1cc(C2=C(C=C[C@H]3C[C@H](O)CC(=O)O3)C(C)(C)CC(O)C2)ccc1F. The van der Waals surface area contributed by atoms with E-state index in [1.54, 1.807) is 25.1 Å². The molecule has 1 aromatic carbocycles. The van der Waals surface area contributed by atoms with Crippen LogP contribution in [0.1, 0.15) is 58.4 Å². The first-order chi connectivity index (χ1) is 14.6. The third kappa shape index (κ3) is 5.60. The molecule has 3 atom stereocenters. The van der Waals surface area contributed by atoms with Crippen molar-refractivity contribution in [3.63, 3.8) is 0 Å². The number of carbonyl (C=O) groups is 2. The molecule has 0 aromatic heterocycles. The second kappa shape index (κ2) is 9.32. The Balaban J connectivity index is 2.01. The molecule has 1 unspecified atom stereocenters. The van der Waals surface area contributed by atoms with Gasteiger partial charge >= 0.3 is 5.97 Å². The molecular formula is C24H30FNO5. The lowest BCUT2D eigenvalue weighted by atomic mass is 9.69. The molecule has 1 aromatic rings. The minimum atomic E-state index is -0.729. The van der Waals surface area contributed by atoms with Crippen LogP contribution in [0.5, 0.6) is 0 Å². The highest BCUT2D eigenvalue weighted by molar-refractivity contribution is 5.91. The van der Waals surface area contributed by atoms with Crippen LogP contribution in [0.15, 0.2) is 35.9 Å². The molecule has 0 bridgehead atoms. The van der Waals surface area contributed by atoms with E-state index in [1.807, 2.05) is 19.9 Å². The maximum absolute atomic E-state index is 14.3. The molecule has 3 N–H and O–H groups in total. The minimum Gasteiger partial charge on any atom is -0.458 e. The molecule has 7 heteroatoms. The molecule has 1 aliphatic heterocycles. The second-order valence-corrected chi connectivity index (χ2v) is 8.92. The molecule has 1 fully saturated rings. The van der Waals surface area contributed by atoms with E-state index in [2.05, 4.69) is 5.32 Å². The Morgan fingerprint density at radius 2 is 2.03 bits per heavy atom. The van der Waals surface area contributed by atoms with Gasteiger partial charge in [-0.2, -0.15) is 0 Å². The molecule has 1 heterocycles. The van der Waals surface area contributed by atoms with Crippen molar-refractivity contribution >= 4 is 23.1 Å². The minimum absolute atomic E-state index is 0.00217. The summed E-state index contributed by atoms with van der Waals surface area (Å²) in [6.45, 7) is 5.72. The van der Waals surface area contributed by atoms with E-state index < -0.39 is 30.1 Å². The third-order valence-electron chi connectivity index (χ3n) is 5.82. The van der Waals surface area contributed by atoms with E-state index in [-0.39, 0.29) is 29.9 Å². The van der Waals surface area contributed by atoms with Crippen LogP contribution in [0.25, 0.3) is 5.57 Å². The quantitative estimate of drug-likeness (QED) is 0.618. The number of anilines is 1. The average Bonchev–Trinajstić information content (AvgIpc) is 2.67. The first kappa shape index (κ1) is 23.2. The molecule has 31 heavy (non-hydrogen) atoms. The van der Waals surface area contributed by atoms with Gasteiger partial charge in [-0.15, -0.1) is 0 Å². The summed E-state index contributed by atoms with van der Waals surface area (Å²) in [6.07, 6.45) is 3.31. The number of benzene rings is 1. The molecule has 0 saturated carbocycles. The number of halogens is 1. The van der Waals surface area contributed by atoms with Crippen molar-refractivity contribution in [2.45, 2.75) is 71.2 Å². The number of aliphatic hydroxyl groups excluding tert-OH is 2. The largest absolute Gasteiger partial charge is 0.458 e. The molecule has 0 spiro atoms. The molecule has 1 amide bonds. The summed E-state index contributed by atoms with van der Waals surface area (Å²) in [5.74, 6) is -1.25. The van der Waals surface area contributed by atoms with Gasteiger partial charge in [-0.25, -0.2) is 4.39 Å². The lowest BCUT2D eigenvalue weighted by molar-refractivity contribution is -0.156. The normalized spacial score (nSPS) is 26.1. The number of carbonyl (C=O) groups excluding carboxylic acids is 2. The van der Waals surface area contributed by atoms with Gasteiger partial charge in [0, 0.05) is 12.8 Å². The van der Waals surface area contributed by atoms with Crippen molar-refractivity contribution in [3.05, 3.63) is 47.3 Å². The zero-order valence-electron chi connectivity index (χ0n) is 18.2. The van der Waals surface area contributed by atoms with E-state index in [0.29, 0.717) is 24.8 Å². The Morgan fingerprint density at radius 3 is 2.71 bits per heavy atom. The average molecular weight is 432 g/mol. The summed E-state index contributed by atoms with van der Waals surface area (Å²) in [7, 11) is 0. The van der Waals surface area contributed by atoms with Crippen LogP contribution in [-0.4, -0.2) is 40.4 Å². The van der Waals surface area contributed by atoms with Crippen LogP contribution in [-0.2, 0) is 14.3 Å². The Kier molecular flexibility index (Phi) is 6.96. The van der Waals surface area contributed by atoms with Gasteiger partial charge in [0.1, 0.15) is 11.9 Å². The summed E-state index contributed by atoms with van der Waals surface area (Å²) < 4.78 is 19.6. The molecule has 6 nitrogen and oxygen atoms in total. The Labute approximate surface area is 181 Å². The number of esters is 1. The van der Waals surface area contributed by atoms with Gasteiger partial charge in [0.25, 0.3) is 0 Å². The van der Waals surface area contributed by atoms with E-state index >= 15 is 0 Å². The Morgan fingerprint density at radius 1 is 1.29 bits per heavy atom. The number of hydrogen-bond donors (Lipinski definition) is 3. The number of aliphatic hydroxyl groups is 2. The predicted octanol–water partition coefficient (Wildman–Crippen LogP) is 3.73. The molecule has 2 aliphatic rings. The smallest absolute Gasteiger partial charge is 0.309 e. The van der Waals surface area contributed by atoms with Crippen LogP contribution in [0.3, 0.4) is 0 Å². The van der Waals surface area contributed by atoms with Gasteiger partial charge in [-0.1, -0.05) is 32.9 Å². The summed E-state index contributed by atoms with van der Waals surface area (Å²) in [5.41, 5.74) is 2.20. The summed E-state index contributed by atoms with van der Waals surface area (Å²) >= 11 is 0. The van der Waals surface area contributed by atoms with E-state index in [4.69, 9.17) is 4.74 Å². The van der Waals surface area contributed by atoms with Gasteiger partial charge < -0.3 is 20.3 Å². The molecule has 168 valence electrons. The molecule has 0 radical (unpaired) electrons. The van der Waals surface area contributed by atoms with Crippen molar-refractivity contribution in [1.82, 2.24) is 0 Å². The highest BCUT2D eigenvalue weighted by atomic mass is 19.1. The highest BCUT2D eigenvalue weighted by Gasteiger charge is 2.34. The van der Waals surface area contributed by atoms with Crippen LogP contribution in [0.2, 0.25) is 0 Å². The van der Waals surface area contributed by atoms with E-state index in [9.17, 15) is 24.2 Å². The predicted molar refractivity (Wildman–Crippen MR) is 116 cm³/mol. The number of nitrogens with one attached hydrogen (secondary N) is 1. The lowest BCUT2D eigenvalue weighted by Gasteiger charge is -2.37. The van der Waals surface area contributed by atoms with Gasteiger partial charge in [-0.3, -0.25) is 9.59 Å². The van der Waals surface area contributed by atoms with Crippen LogP contribution < -0.4 is 5.32 Å². The number of ether oxygens (including phenoxy) is 1. The van der Waals surface area contributed by atoms with Crippen molar-refractivity contribution in [3.8, 4) is 0 Å². The van der Waals surface area contributed by atoms with Crippen LogP contribution in [0, 0.1) is 11.2 Å². The fourth-order valence-electron chi connectivity index (χ4n) is 4.30. The Bertz CT molecular complexity index is 921. The van der Waals surface area contributed by atoms with Crippen LogP contribution in [0.4, 0.5) is 10.1 Å². The van der Waals surface area contributed by atoms with Gasteiger partial charge in [0.2, 0.25) is 5.91 Å². The van der Waals surface area contributed by atoms with Crippen molar-refractivity contribution in [2.24, 2.45) is 5.41 Å². The van der Waals surface area contributed by atoms with Crippen molar-refractivity contribution < 1.29 is 28.9 Å². The fourth-order valence-corrected chi connectivity index (χ4v) is 4.30. The number of hydrogen-bond acceptors (Lipinski definition) is 5. The zero-order valence-corrected chi connectivity index (χ0v) is 18.2. The molecule has 3 rings (SSSR count). The molecule has 1 saturated heterocycles. The van der Waals surface area contributed by atoms with E-state index in [1.165, 1.54) is 6.07 Å². The molecule has 1 aliphatic carbocycles. The van der Waals surface area contributed by atoms with Crippen molar-refractivity contribution in [1.29, 1.82) is 0 Å². The van der Waals surface area contributed by atoms with Crippen molar-refractivity contribution in [2.75, 3.05) is 5.32 Å². The monoisotopic (exact) mass is 431 g/mol. The standard InChI is InChI=1S/C24H30FNO5/c1-4-22(29)26-21-9-14(5-8-20(21)25)18-11-16(28)13-24(2,3)19(18)7-6-17-10-15(27)12-23(30)31-17/h5-9,15-17,27-28H,4,10-13H2,1-3H3,(H,26,29)/t15-,16?,17-/m0/s1. The third-order valence-corrected chi connectivity index (χ3v) is 5.82. The van der Waals surface area contributed by atoms with Gasteiger partial charge in [-0.05, 0) is 53.2 Å². The Hall–Kier alpha value is -2.51. The maximum Gasteiger partial charge on any atom is 0.309 e. The summed E-state index contributed by atoms with van der Waals surface area (Å²) in [6, 6.07) is 4.53. The van der Waals surface area contributed by atoms with Gasteiger partial charge in [0.05, 0.1) is 24.3 Å². The van der Waals surface area contributed by atoms with E-state index in [0.717, 1.165) is 11.1 Å². The topological polar surface area (TPSA) is 95.9 Å². The zero-order chi connectivity index (χ0) is 22.8. The highest BCUT2D eigenvalue weighted by Crippen LogP contribution is 2.45. The number of amides is 1. The number of rotatable bonds is 5. The van der Waals surface area contributed by atoms with Gasteiger partial charge in [0.15, 0.2) is 0 Å². The summed E-state index contributed by atoms with van der Waals surface area (Å²) in [4.78, 5) is 23.4. The second-order valence-electron chi connectivity index (χ2n) is 8.92. The number of cyclic esters (lactones) is 1. The number of allylic oxidation sites excluding steroid dienone is 2. The first-order valence-corrected chi connectivity index (χ1v) is 10.7. The maximum atomic E-state index is 14.3. The molecular weight excluding hydrogens is 401 g/mol. The summed E-state index contributed by atoms with van der Waals surface area (Å²) in [5, 5.41) is 22.9. The lowest BCUT2D eigenvalue weighted by Crippen LogP contribution is -2.32. The van der Waals surface area contributed by atoms with Crippen LogP contribution >= 0.6 is 0 Å².